The molecule has 264 valence electrons. The standard InChI is InChI=1S/C46H54N4O/c1-28(2)32-24-33(50-44(46(9,10)11)42(43(48-50)45(6,7)8)41-30(4)15-14-16-31(41)5)26-35(25-32)51-34-19-20-37-36-17-12-13-18-38(36)49(39(37)27-34)40-23-29(3)21-22-47-40/h12-13,15,17-28,31,41H,14,16H2,1-11H3/t31-,41?/m0/s1. The van der Waals surface area contributed by atoms with Gasteiger partial charge in [0.1, 0.15) is 17.3 Å². The molecule has 51 heavy (non-hydrogen) atoms. The van der Waals surface area contributed by atoms with Gasteiger partial charge in [-0.25, -0.2) is 9.67 Å². The van der Waals surface area contributed by atoms with E-state index in [-0.39, 0.29) is 10.8 Å². The molecule has 1 aliphatic rings. The fraction of sp³-hybridized carbons (Fsp3) is 0.391. The highest BCUT2D eigenvalue weighted by Crippen LogP contribution is 2.47. The van der Waals surface area contributed by atoms with Crippen LogP contribution in [0, 0.1) is 12.8 Å². The summed E-state index contributed by atoms with van der Waals surface area (Å²) in [4.78, 5) is 4.78. The van der Waals surface area contributed by atoms with Gasteiger partial charge in [-0.05, 0) is 92.1 Å². The summed E-state index contributed by atoms with van der Waals surface area (Å²) < 4.78 is 11.4. The zero-order chi connectivity index (χ0) is 36.4. The fourth-order valence-electron chi connectivity index (χ4n) is 8.18. The van der Waals surface area contributed by atoms with E-state index in [1.54, 1.807) is 0 Å². The summed E-state index contributed by atoms with van der Waals surface area (Å²) in [6, 6.07) is 25.8. The topological polar surface area (TPSA) is 44.9 Å². The molecule has 0 fully saturated rings. The smallest absolute Gasteiger partial charge is 0.137 e. The molecule has 6 aromatic rings. The molecule has 3 aromatic heterocycles. The number of fused-ring (bicyclic) bond motifs is 3. The third kappa shape index (κ3) is 6.41. The average molecular weight is 679 g/mol. The molecule has 5 nitrogen and oxygen atoms in total. The van der Waals surface area contributed by atoms with Crippen molar-refractivity contribution in [2.45, 2.75) is 112 Å². The van der Waals surface area contributed by atoms with Crippen molar-refractivity contribution in [2.75, 3.05) is 0 Å². The Hall–Kier alpha value is -4.64. The summed E-state index contributed by atoms with van der Waals surface area (Å²) in [5, 5.41) is 7.92. The van der Waals surface area contributed by atoms with Crippen LogP contribution in [0.3, 0.4) is 0 Å². The minimum Gasteiger partial charge on any atom is -0.457 e. The second kappa shape index (κ2) is 12.8. The van der Waals surface area contributed by atoms with Crippen molar-refractivity contribution >= 4 is 21.8 Å². The first-order valence-corrected chi connectivity index (χ1v) is 18.7. The molecule has 1 aliphatic carbocycles. The summed E-state index contributed by atoms with van der Waals surface area (Å²) in [7, 11) is 0. The SMILES string of the molecule is CC1=CCC[C@H](C)C1c1c(C(C)(C)C)nn(-c2cc(Oc3ccc4c5ccccc5n(-c5cc(C)ccn5)c4c3)cc(C(C)C)c2)c1C(C)(C)C. The van der Waals surface area contributed by atoms with Gasteiger partial charge in [0.05, 0.1) is 28.1 Å². The molecule has 0 N–H and O–H groups in total. The zero-order valence-electron chi connectivity index (χ0n) is 32.4. The van der Waals surface area contributed by atoms with E-state index in [9.17, 15) is 0 Å². The van der Waals surface area contributed by atoms with Crippen LogP contribution in [0.25, 0.3) is 33.3 Å². The number of pyridine rings is 1. The Labute approximate surface area is 304 Å². The van der Waals surface area contributed by atoms with E-state index in [2.05, 4.69) is 158 Å². The van der Waals surface area contributed by atoms with Crippen molar-refractivity contribution in [3.8, 4) is 23.0 Å². The minimum atomic E-state index is -0.138. The maximum atomic E-state index is 6.85. The van der Waals surface area contributed by atoms with Crippen molar-refractivity contribution in [3.63, 3.8) is 0 Å². The monoisotopic (exact) mass is 678 g/mol. The Balaban J connectivity index is 1.40. The second-order valence-electron chi connectivity index (χ2n) is 17.2. The Morgan fingerprint density at radius 1 is 0.804 bits per heavy atom. The molecule has 0 bridgehead atoms. The van der Waals surface area contributed by atoms with Crippen molar-refractivity contribution < 1.29 is 4.74 Å². The van der Waals surface area contributed by atoms with Gasteiger partial charge in [-0.2, -0.15) is 5.10 Å². The second-order valence-corrected chi connectivity index (χ2v) is 17.2. The highest BCUT2D eigenvalue weighted by atomic mass is 16.5. The predicted octanol–water partition coefficient (Wildman–Crippen LogP) is 12.6. The predicted molar refractivity (Wildman–Crippen MR) is 213 cm³/mol. The van der Waals surface area contributed by atoms with Gasteiger partial charge >= 0.3 is 0 Å². The molecule has 7 rings (SSSR count). The van der Waals surface area contributed by atoms with Crippen LogP contribution in [0.4, 0.5) is 0 Å². The maximum absolute atomic E-state index is 6.85. The molecule has 0 aliphatic heterocycles. The molecule has 3 aromatic carbocycles. The number of benzene rings is 3. The zero-order valence-corrected chi connectivity index (χ0v) is 32.4. The lowest BCUT2D eigenvalue weighted by atomic mass is 9.70. The number of nitrogens with zero attached hydrogens (tertiary/aromatic N) is 4. The minimum absolute atomic E-state index is 0.118. The number of aromatic nitrogens is 4. The molecular formula is C46H54N4O. The summed E-state index contributed by atoms with van der Waals surface area (Å²) in [6.45, 7) is 25.3. The van der Waals surface area contributed by atoms with Gasteiger partial charge in [0.15, 0.2) is 0 Å². The van der Waals surface area contributed by atoms with Gasteiger partial charge in [0, 0.05) is 51.4 Å². The van der Waals surface area contributed by atoms with E-state index in [0.717, 1.165) is 40.5 Å². The van der Waals surface area contributed by atoms with Crippen molar-refractivity contribution in [1.82, 2.24) is 19.3 Å². The quantitative estimate of drug-likeness (QED) is 0.165. The van der Waals surface area contributed by atoms with Crippen LogP contribution in [0.2, 0.25) is 0 Å². The summed E-state index contributed by atoms with van der Waals surface area (Å²) in [5.41, 5.74) is 10.7. The molecule has 0 spiro atoms. The third-order valence-electron chi connectivity index (χ3n) is 10.6. The number of allylic oxidation sites excluding steroid dienone is 2. The molecule has 3 heterocycles. The number of hydrogen-bond donors (Lipinski definition) is 0. The fourth-order valence-corrected chi connectivity index (χ4v) is 8.18. The normalized spacial score (nSPS) is 17.1. The van der Waals surface area contributed by atoms with Gasteiger partial charge < -0.3 is 4.74 Å². The molecule has 0 amide bonds. The largest absolute Gasteiger partial charge is 0.457 e. The summed E-state index contributed by atoms with van der Waals surface area (Å²) in [6.07, 6.45) is 6.69. The van der Waals surface area contributed by atoms with Gasteiger partial charge in [0.2, 0.25) is 0 Å². The Bertz CT molecular complexity index is 2280. The van der Waals surface area contributed by atoms with Crippen LogP contribution in [-0.2, 0) is 10.8 Å². The highest BCUT2D eigenvalue weighted by molar-refractivity contribution is 6.09. The molecule has 0 radical (unpaired) electrons. The number of aryl methyl sites for hydroxylation is 1. The lowest BCUT2D eigenvalue weighted by Crippen LogP contribution is -2.25. The number of rotatable bonds is 6. The van der Waals surface area contributed by atoms with Crippen molar-refractivity contribution in [1.29, 1.82) is 0 Å². The van der Waals surface area contributed by atoms with Crippen LogP contribution in [0.5, 0.6) is 11.5 Å². The first-order chi connectivity index (χ1) is 24.1. The van der Waals surface area contributed by atoms with Crippen LogP contribution < -0.4 is 4.74 Å². The number of para-hydroxylation sites is 1. The average Bonchev–Trinajstić information content (AvgIpc) is 3.62. The van der Waals surface area contributed by atoms with E-state index in [0.29, 0.717) is 17.8 Å². The number of ether oxygens (including phenoxy) is 1. The molecular weight excluding hydrogens is 625 g/mol. The first-order valence-electron chi connectivity index (χ1n) is 18.7. The molecule has 0 saturated carbocycles. The van der Waals surface area contributed by atoms with Crippen LogP contribution in [0.1, 0.15) is 122 Å². The van der Waals surface area contributed by atoms with Gasteiger partial charge in [-0.1, -0.05) is 92.2 Å². The van der Waals surface area contributed by atoms with Gasteiger partial charge in [-0.3, -0.25) is 4.57 Å². The highest BCUT2D eigenvalue weighted by Gasteiger charge is 2.39. The summed E-state index contributed by atoms with van der Waals surface area (Å²) in [5.74, 6) is 3.71. The van der Waals surface area contributed by atoms with E-state index in [1.807, 2.05) is 12.3 Å². The third-order valence-corrected chi connectivity index (χ3v) is 10.6. The van der Waals surface area contributed by atoms with E-state index in [4.69, 9.17) is 14.8 Å². The Morgan fingerprint density at radius 3 is 2.24 bits per heavy atom. The first kappa shape index (κ1) is 34.8. The number of hydrogen-bond acceptors (Lipinski definition) is 3. The lowest BCUT2D eigenvalue weighted by Gasteiger charge is -2.34. The maximum Gasteiger partial charge on any atom is 0.137 e. The molecule has 1 unspecified atom stereocenters. The molecule has 5 heteroatoms. The van der Waals surface area contributed by atoms with Crippen molar-refractivity contribution in [2.24, 2.45) is 5.92 Å². The summed E-state index contributed by atoms with van der Waals surface area (Å²) >= 11 is 0. The van der Waals surface area contributed by atoms with Gasteiger partial charge in [0.25, 0.3) is 0 Å². The van der Waals surface area contributed by atoms with E-state index < -0.39 is 0 Å². The molecule has 2 atom stereocenters. The lowest BCUT2D eigenvalue weighted by molar-refractivity contribution is 0.431. The van der Waals surface area contributed by atoms with Crippen LogP contribution in [0.15, 0.2) is 90.6 Å². The van der Waals surface area contributed by atoms with Crippen molar-refractivity contribution in [3.05, 3.63) is 119 Å². The van der Waals surface area contributed by atoms with Gasteiger partial charge in [-0.15, -0.1) is 0 Å². The molecule has 0 saturated heterocycles. The van der Waals surface area contributed by atoms with Crippen LogP contribution in [-0.4, -0.2) is 19.3 Å². The van der Waals surface area contributed by atoms with Crippen LogP contribution >= 0.6 is 0 Å². The Morgan fingerprint density at radius 2 is 1.55 bits per heavy atom. The van der Waals surface area contributed by atoms with E-state index in [1.165, 1.54) is 50.8 Å². The van der Waals surface area contributed by atoms with E-state index >= 15 is 0 Å². The Kier molecular flexibility index (Phi) is 8.76.